The summed E-state index contributed by atoms with van der Waals surface area (Å²) >= 11 is 0. The molecule has 22 heavy (non-hydrogen) atoms. The van der Waals surface area contributed by atoms with E-state index in [2.05, 4.69) is 20.3 Å². The quantitative estimate of drug-likeness (QED) is 0.932. The first-order valence-electron chi connectivity index (χ1n) is 7.37. The van der Waals surface area contributed by atoms with Gasteiger partial charge in [0.2, 0.25) is 0 Å². The molecule has 0 amide bonds. The van der Waals surface area contributed by atoms with Gasteiger partial charge in [-0.25, -0.2) is 9.97 Å². The second kappa shape index (κ2) is 6.37. The Balaban J connectivity index is 1.75. The zero-order valence-corrected chi connectivity index (χ0v) is 12.9. The van der Waals surface area contributed by atoms with Crippen LogP contribution >= 0.6 is 0 Å². The van der Waals surface area contributed by atoms with Crippen LogP contribution in [-0.4, -0.2) is 46.9 Å². The molecule has 1 saturated heterocycles. The van der Waals surface area contributed by atoms with Gasteiger partial charge in [0.25, 0.3) is 0 Å². The molecular formula is C16H20N4O2. The predicted molar refractivity (Wildman–Crippen MR) is 83.7 cm³/mol. The van der Waals surface area contributed by atoms with E-state index in [1.807, 2.05) is 38.1 Å². The van der Waals surface area contributed by atoms with E-state index in [1.165, 1.54) is 0 Å². The second-order valence-electron chi connectivity index (χ2n) is 5.61. The van der Waals surface area contributed by atoms with Gasteiger partial charge in [0, 0.05) is 18.8 Å². The largest absolute Gasteiger partial charge is 0.376 e. The lowest BCUT2D eigenvalue weighted by Gasteiger charge is -2.33. The fourth-order valence-electron chi connectivity index (χ4n) is 2.36. The number of nitrogens with one attached hydrogen (secondary N) is 1. The highest BCUT2D eigenvalue weighted by molar-refractivity contribution is 5.58. The van der Waals surface area contributed by atoms with Gasteiger partial charge in [-0.05, 0) is 26.0 Å². The fourth-order valence-corrected chi connectivity index (χ4v) is 2.36. The molecule has 0 aliphatic carbocycles. The first-order valence-corrected chi connectivity index (χ1v) is 7.37. The minimum atomic E-state index is -0.331. The number of hydrogen-bond donors (Lipinski definition) is 1. The number of hydrogen-bond acceptors (Lipinski definition) is 6. The third-order valence-corrected chi connectivity index (χ3v) is 3.49. The van der Waals surface area contributed by atoms with Crippen molar-refractivity contribution in [3.8, 4) is 11.4 Å². The lowest BCUT2D eigenvalue weighted by atomic mass is 10.1. The summed E-state index contributed by atoms with van der Waals surface area (Å²) in [6.07, 6.45) is 1.76. The van der Waals surface area contributed by atoms with Crippen molar-refractivity contribution in [1.82, 2.24) is 15.0 Å². The average molecular weight is 300 g/mol. The predicted octanol–water partition coefficient (Wildman–Crippen LogP) is 2.06. The zero-order chi connectivity index (χ0) is 15.4. The number of nitrogens with zero attached hydrogens (tertiary/aromatic N) is 3. The first kappa shape index (κ1) is 14.9. The number of aryl methyl sites for hydroxylation is 1. The highest BCUT2D eigenvalue weighted by Gasteiger charge is 2.28. The minimum Gasteiger partial charge on any atom is -0.376 e. The first-order chi connectivity index (χ1) is 10.6. The van der Waals surface area contributed by atoms with Gasteiger partial charge in [-0.2, -0.15) is 0 Å². The molecule has 0 radical (unpaired) electrons. The molecule has 2 aromatic rings. The van der Waals surface area contributed by atoms with E-state index in [1.54, 1.807) is 6.20 Å². The molecule has 2 aromatic heterocycles. The van der Waals surface area contributed by atoms with Crippen LogP contribution in [0.5, 0.6) is 0 Å². The summed E-state index contributed by atoms with van der Waals surface area (Å²) in [5, 5.41) is 3.32. The Hall–Kier alpha value is -2.05. The third kappa shape index (κ3) is 3.58. The third-order valence-electron chi connectivity index (χ3n) is 3.49. The molecule has 1 unspecified atom stereocenters. The minimum absolute atomic E-state index is 0.331. The topological polar surface area (TPSA) is 69.2 Å². The van der Waals surface area contributed by atoms with Crippen molar-refractivity contribution in [2.75, 3.05) is 31.7 Å². The highest BCUT2D eigenvalue weighted by Crippen LogP contribution is 2.20. The fraction of sp³-hybridized carbons (Fsp3) is 0.438. The molecule has 3 rings (SSSR count). The van der Waals surface area contributed by atoms with Gasteiger partial charge in [0.05, 0.1) is 31.2 Å². The van der Waals surface area contributed by atoms with Gasteiger partial charge in [0.1, 0.15) is 17.2 Å². The highest BCUT2D eigenvalue weighted by atomic mass is 16.6. The smallest absolute Gasteiger partial charge is 0.130 e. The zero-order valence-electron chi connectivity index (χ0n) is 12.9. The van der Waals surface area contributed by atoms with Crippen LogP contribution in [0, 0.1) is 6.92 Å². The van der Waals surface area contributed by atoms with Crippen molar-refractivity contribution in [3.05, 3.63) is 36.3 Å². The molecule has 0 bridgehead atoms. The molecule has 1 fully saturated rings. The van der Waals surface area contributed by atoms with Crippen molar-refractivity contribution in [2.24, 2.45) is 0 Å². The summed E-state index contributed by atoms with van der Waals surface area (Å²) in [7, 11) is 0. The molecule has 1 N–H and O–H groups in total. The van der Waals surface area contributed by atoms with Crippen molar-refractivity contribution in [3.63, 3.8) is 0 Å². The molecule has 0 aromatic carbocycles. The Bertz CT molecular complexity index is 627. The summed E-state index contributed by atoms with van der Waals surface area (Å²) in [4.78, 5) is 13.2. The van der Waals surface area contributed by atoms with E-state index < -0.39 is 0 Å². The van der Waals surface area contributed by atoms with E-state index >= 15 is 0 Å². The number of ether oxygens (including phenoxy) is 2. The van der Waals surface area contributed by atoms with Gasteiger partial charge in [-0.15, -0.1) is 0 Å². The van der Waals surface area contributed by atoms with Gasteiger partial charge in [-0.1, -0.05) is 6.07 Å². The Labute approximate surface area is 129 Å². The van der Waals surface area contributed by atoms with Gasteiger partial charge < -0.3 is 14.8 Å². The summed E-state index contributed by atoms with van der Waals surface area (Å²) in [5.41, 5.74) is 1.31. The number of rotatable bonds is 4. The molecule has 1 atom stereocenters. The van der Waals surface area contributed by atoms with Crippen LogP contribution in [0.1, 0.15) is 12.7 Å². The average Bonchev–Trinajstić information content (AvgIpc) is 2.54. The molecular weight excluding hydrogens is 280 g/mol. The summed E-state index contributed by atoms with van der Waals surface area (Å²) < 4.78 is 11.3. The van der Waals surface area contributed by atoms with E-state index in [0.29, 0.717) is 32.2 Å². The molecule has 1 aliphatic heterocycles. The van der Waals surface area contributed by atoms with E-state index in [4.69, 9.17) is 9.47 Å². The van der Waals surface area contributed by atoms with Crippen LogP contribution in [0.3, 0.4) is 0 Å². The number of aromatic nitrogens is 3. The van der Waals surface area contributed by atoms with Crippen LogP contribution in [0.15, 0.2) is 30.5 Å². The van der Waals surface area contributed by atoms with Crippen molar-refractivity contribution in [1.29, 1.82) is 0 Å². The standard InChI is InChI=1S/C16H20N4O2/c1-12-19-14(13-5-3-4-6-17-13)9-15(20-12)18-10-16(2)11-21-7-8-22-16/h3-6,9H,7-8,10-11H2,1-2H3,(H,18,19,20). The summed E-state index contributed by atoms with van der Waals surface area (Å²) in [6, 6.07) is 7.67. The Morgan fingerprint density at radius 1 is 1.23 bits per heavy atom. The van der Waals surface area contributed by atoms with Crippen LogP contribution in [0.25, 0.3) is 11.4 Å². The summed E-state index contributed by atoms with van der Waals surface area (Å²) in [6.45, 7) is 6.40. The molecule has 3 heterocycles. The monoisotopic (exact) mass is 300 g/mol. The molecule has 1 aliphatic rings. The van der Waals surface area contributed by atoms with Gasteiger partial charge >= 0.3 is 0 Å². The second-order valence-corrected chi connectivity index (χ2v) is 5.61. The van der Waals surface area contributed by atoms with Gasteiger partial charge in [0.15, 0.2) is 0 Å². The maximum atomic E-state index is 5.79. The van der Waals surface area contributed by atoms with Crippen molar-refractivity contribution in [2.45, 2.75) is 19.4 Å². The van der Waals surface area contributed by atoms with Crippen molar-refractivity contribution >= 4 is 5.82 Å². The molecule has 0 spiro atoms. The lowest BCUT2D eigenvalue weighted by molar-refractivity contribution is -0.140. The van der Waals surface area contributed by atoms with Crippen LogP contribution in [-0.2, 0) is 9.47 Å². The Morgan fingerprint density at radius 3 is 2.86 bits per heavy atom. The maximum absolute atomic E-state index is 5.79. The normalized spacial score (nSPS) is 21.5. The Kier molecular flexibility index (Phi) is 4.31. The van der Waals surface area contributed by atoms with Crippen LogP contribution < -0.4 is 5.32 Å². The summed E-state index contributed by atoms with van der Waals surface area (Å²) in [5.74, 6) is 1.47. The SMILES string of the molecule is Cc1nc(NCC2(C)COCCO2)cc(-c2ccccn2)n1. The maximum Gasteiger partial charge on any atom is 0.130 e. The van der Waals surface area contributed by atoms with Crippen LogP contribution in [0.2, 0.25) is 0 Å². The number of anilines is 1. The molecule has 0 saturated carbocycles. The van der Waals surface area contributed by atoms with E-state index in [0.717, 1.165) is 17.2 Å². The van der Waals surface area contributed by atoms with E-state index in [-0.39, 0.29) is 5.60 Å². The van der Waals surface area contributed by atoms with Crippen molar-refractivity contribution < 1.29 is 9.47 Å². The molecule has 6 nitrogen and oxygen atoms in total. The van der Waals surface area contributed by atoms with E-state index in [9.17, 15) is 0 Å². The molecule has 6 heteroatoms. The lowest BCUT2D eigenvalue weighted by Crippen LogP contribution is -2.46. The van der Waals surface area contributed by atoms with Gasteiger partial charge in [-0.3, -0.25) is 4.98 Å². The Morgan fingerprint density at radius 2 is 2.14 bits per heavy atom. The number of pyridine rings is 1. The van der Waals surface area contributed by atoms with Crippen LogP contribution in [0.4, 0.5) is 5.82 Å². The molecule has 116 valence electrons.